The van der Waals surface area contributed by atoms with E-state index in [1.807, 2.05) is 23.1 Å². The van der Waals surface area contributed by atoms with Crippen molar-refractivity contribution in [3.63, 3.8) is 0 Å². The smallest absolute Gasteiger partial charge is 0.116 e. The Balaban J connectivity index is 1.79. The molecule has 0 spiro atoms. The summed E-state index contributed by atoms with van der Waals surface area (Å²) in [5.74, 6) is 0. The van der Waals surface area contributed by atoms with Gasteiger partial charge in [-0.05, 0) is 25.5 Å². The molecule has 0 radical (unpaired) electrons. The first-order valence-corrected chi connectivity index (χ1v) is 6.82. The fraction of sp³-hybridized carbons (Fsp3) is 0.267. The molecule has 106 valence electrons. The number of aromatic nitrogens is 6. The average molecular weight is 280 g/mol. The van der Waals surface area contributed by atoms with Crippen molar-refractivity contribution < 1.29 is 0 Å². The summed E-state index contributed by atoms with van der Waals surface area (Å²) >= 11 is 0. The van der Waals surface area contributed by atoms with Crippen LogP contribution in [0.15, 0.2) is 43.2 Å². The molecule has 0 aliphatic rings. The summed E-state index contributed by atoms with van der Waals surface area (Å²) in [6.45, 7) is 4.18. The van der Waals surface area contributed by atoms with Gasteiger partial charge in [-0.1, -0.05) is 11.3 Å². The Labute approximate surface area is 122 Å². The van der Waals surface area contributed by atoms with Crippen molar-refractivity contribution in [3.8, 4) is 11.3 Å². The molecule has 0 N–H and O–H groups in total. The van der Waals surface area contributed by atoms with Crippen molar-refractivity contribution in [2.24, 2.45) is 0 Å². The third kappa shape index (κ3) is 2.94. The maximum Gasteiger partial charge on any atom is 0.116 e. The number of aryl methyl sites for hydroxylation is 1. The van der Waals surface area contributed by atoms with Gasteiger partial charge in [0.2, 0.25) is 0 Å². The largest absolute Gasteiger partial charge is 0.261 e. The summed E-state index contributed by atoms with van der Waals surface area (Å²) in [7, 11) is 0. The summed E-state index contributed by atoms with van der Waals surface area (Å²) in [6, 6.07) is 4.21. The summed E-state index contributed by atoms with van der Waals surface area (Å²) in [5, 5.41) is 8.39. The quantitative estimate of drug-likeness (QED) is 0.733. The Bertz CT molecular complexity index is 722. The first-order chi connectivity index (χ1) is 10.2. The lowest BCUT2D eigenvalue weighted by Gasteiger charge is -2.12. The Morgan fingerprint density at radius 1 is 1.24 bits per heavy atom. The molecular weight excluding hydrogens is 264 g/mol. The van der Waals surface area contributed by atoms with Crippen LogP contribution in [0.5, 0.6) is 0 Å². The van der Waals surface area contributed by atoms with Crippen molar-refractivity contribution in [2.75, 3.05) is 0 Å². The SMILES string of the molecule is Cc1cccnc1C[C@H](C)n1cc(-c2cncnc2)nn1. The maximum absolute atomic E-state index is 4.43. The highest BCUT2D eigenvalue weighted by Crippen LogP contribution is 2.18. The number of hydrogen-bond donors (Lipinski definition) is 0. The van der Waals surface area contributed by atoms with Crippen molar-refractivity contribution >= 4 is 0 Å². The van der Waals surface area contributed by atoms with Gasteiger partial charge in [-0.15, -0.1) is 5.10 Å². The Morgan fingerprint density at radius 2 is 2.05 bits per heavy atom. The van der Waals surface area contributed by atoms with Crippen LogP contribution in [0.25, 0.3) is 11.3 Å². The summed E-state index contributed by atoms with van der Waals surface area (Å²) in [6.07, 6.45) is 9.52. The first kappa shape index (κ1) is 13.4. The zero-order valence-electron chi connectivity index (χ0n) is 12.0. The second kappa shape index (κ2) is 5.78. The number of rotatable bonds is 4. The van der Waals surface area contributed by atoms with E-state index in [1.165, 1.54) is 11.9 Å². The van der Waals surface area contributed by atoms with Gasteiger partial charge in [0.1, 0.15) is 12.0 Å². The predicted molar refractivity (Wildman–Crippen MR) is 78.4 cm³/mol. The van der Waals surface area contributed by atoms with Crippen LogP contribution in [0.3, 0.4) is 0 Å². The lowest BCUT2D eigenvalue weighted by molar-refractivity contribution is 0.469. The van der Waals surface area contributed by atoms with Gasteiger partial charge in [0, 0.05) is 36.3 Å². The van der Waals surface area contributed by atoms with E-state index in [0.29, 0.717) is 0 Å². The number of nitrogens with zero attached hydrogens (tertiary/aromatic N) is 6. The highest BCUT2D eigenvalue weighted by Gasteiger charge is 2.12. The highest BCUT2D eigenvalue weighted by molar-refractivity contribution is 5.54. The van der Waals surface area contributed by atoms with E-state index in [9.17, 15) is 0 Å². The molecule has 0 amide bonds. The molecule has 3 heterocycles. The Hall–Kier alpha value is -2.63. The summed E-state index contributed by atoms with van der Waals surface area (Å²) < 4.78 is 1.86. The molecule has 21 heavy (non-hydrogen) atoms. The topological polar surface area (TPSA) is 69.4 Å². The van der Waals surface area contributed by atoms with Gasteiger partial charge < -0.3 is 0 Å². The average Bonchev–Trinajstić information content (AvgIpc) is 3.00. The van der Waals surface area contributed by atoms with Crippen LogP contribution in [0.1, 0.15) is 24.2 Å². The second-order valence-corrected chi connectivity index (χ2v) is 5.03. The molecule has 0 saturated heterocycles. The third-order valence-electron chi connectivity index (χ3n) is 3.42. The zero-order valence-corrected chi connectivity index (χ0v) is 12.0. The van der Waals surface area contributed by atoms with Gasteiger partial charge in [0.25, 0.3) is 0 Å². The Kier molecular flexibility index (Phi) is 3.68. The van der Waals surface area contributed by atoms with Crippen LogP contribution >= 0.6 is 0 Å². The normalized spacial score (nSPS) is 12.3. The molecule has 6 heteroatoms. The van der Waals surface area contributed by atoms with Crippen LogP contribution in [-0.4, -0.2) is 29.9 Å². The molecule has 0 unspecified atom stereocenters. The summed E-state index contributed by atoms with van der Waals surface area (Å²) in [5.41, 5.74) is 3.93. The van der Waals surface area contributed by atoms with Crippen molar-refractivity contribution in [1.82, 2.24) is 29.9 Å². The minimum absolute atomic E-state index is 0.185. The molecule has 0 fully saturated rings. The first-order valence-electron chi connectivity index (χ1n) is 6.82. The molecule has 0 saturated carbocycles. The van der Waals surface area contributed by atoms with E-state index in [2.05, 4.69) is 45.2 Å². The van der Waals surface area contributed by atoms with E-state index >= 15 is 0 Å². The van der Waals surface area contributed by atoms with Crippen molar-refractivity contribution in [2.45, 2.75) is 26.3 Å². The molecule has 0 aliphatic carbocycles. The van der Waals surface area contributed by atoms with E-state index < -0.39 is 0 Å². The van der Waals surface area contributed by atoms with Crippen molar-refractivity contribution in [1.29, 1.82) is 0 Å². The lowest BCUT2D eigenvalue weighted by atomic mass is 10.1. The highest BCUT2D eigenvalue weighted by atomic mass is 15.4. The zero-order chi connectivity index (χ0) is 14.7. The minimum Gasteiger partial charge on any atom is -0.261 e. The lowest BCUT2D eigenvalue weighted by Crippen LogP contribution is -2.10. The predicted octanol–water partition coefficient (Wildman–Crippen LogP) is 2.24. The Morgan fingerprint density at radius 3 is 2.81 bits per heavy atom. The molecule has 0 aromatic carbocycles. The second-order valence-electron chi connectivity index (χ2n) is 5.03. The summed E-state index contributed by atoms with van der Waals surface area (Å²) in [4.78, 5) is 12.4. The van der Waals surface area contributed by atoms with Gasteiger partial charge in [0.15, 0.2) is 0 Å². The molecule has 3 aromatic rings. The standard InChI is InChI=1S/C15H16N6/c1-11-4-3-5-18-14(11)6-12(2)21-9-15(19-20-21)13-7-16-10-17-8-13/h3-5,7-10,12H,6H2,1-2H3/t12-/m0/s1. The van der Waals surface area contributed by atoms with Crippen LogP contribution in [-0.2, 0) is 6.42 Å². The molecule has 1 atom stereocenters. The van der Waals surface area contributed by atoms with Crippen LogP contribution in [0, 0.1) is 6.92 Å². The van der Waals surface area contributed by atoms with Crippen LogP contribution in [0.2, 0.25) is 0 Å². The van der Waals surface area contributed by atoms with Gasteiger partial charge >= 0.3 is 0 Å². The molecule has 3 rings (SSSR count). The molecule has 6 nitrogen and oxygen atoms in total. The maximum atomic E-state index is 4.43. The van der Waals surface area contributed by atoms with Crippen LogP contribution in [0.4, 0.5) is 0 Å². The van der Waals surface area contributed by atoms with Gasteiger partial charge in [-0.3, -0.25) is 4.98 Å². The number of hydrogen-bond acceptors (Lipinski definition) is 5. The molecule has 0 aliphatic heterocycles. The fourth-order valence-electron chi connectivity index (χ4n) is 2.16. The van der Waals surface area contributed by atoms with Crippen molar-refractivity contribution in [3.05, 3.63) is 54.5 Å². The van der Waals surface area contributed by atoms with Gasteiger partial charge in [-0.2, -0.15) is 0 Å². The fourth-order valence-corrected chi connectivity index (χ4v) is 2.16. The van der Waals surface area contributed by atoms with Gasteiger partial charge in [-0.25, -0.2) is 14.6 Å². The monoisotopic (exact) mass is 280 g/mol. The minimum atomic E-state index is 0.185. The third-order valence-corrected chi connectivity index (χ3v) is 3.42. The van der Waals surface area contributed by atoms with E-state index in [-0.39, 0.29) is 6.04 Å². The number of pyridine rings is 1. The van der Waals surface area contributed by atoms with E-state index in [0.717, 1.165) is 23.4 Å². The van der Waals surface area contributed by atoms with E-state index in [4.69, 9.17) is 0 Å². The van der Waals surface area contributed by atoms with Crippen LogP contribution < -0.4 is 0 Å². The van der Waals surface area contributed by atoms with Gasteiger partial charge in [0.05, 0.1) is 12.2 Å². The molecule has 3 aromatic heterocycles. The van der Waals surface area contributed by atoms with E-state index in [1.54, 1.807) is 12.4 Å². The molecular formula is C15H16N6. The molecule has 0 bridgehead atoms.